The van der Waals surface area contributed by atoms with E-state index in [0.29, 0.717) is 12.3 Å². The first kappa shape index (κ1) is 13.8. The minimum Gasteiger partial charge on any atom is -0.507 e. The highest BCUT2D eigenvalue weighted by Gasteiger charge is 2.21. The van der Waals surface area contributed by atoms with E-state index in [2.05, 4.69) is 11.4 Å². The van der Waals surface area contributed by atoms with E-state index in [0.717, 1.165) is 24.3 Å². The number of nitrogens with one attached hydrogen (secondary N) is 1. The van der Waals surface area contributed by atoms with Crippen LogP contribution in [0, 0.1) is 0 Å². The highest BCUT2D eigenvalue weighted by molar-refractivity contribution is 5.40. The first-order chi connectivity index (χ1) is 10.3. The van der Waals surface area contributed by atoms with E-state index >= 15 is 0 Å². The number of para-hydroxylation sites is 1. The largest absolute Gasteiger partial charge is 0.507 e. The second-order valence-electron chi connectivity index (χ2n) is 5.18. The van der Waals surface area contributed by atoms with Gasteiger partial charge in [-0.25, -0.2) is 0 Å². The molecule has 2 N–H and O–H groups in total. The molecule has 0 amide bonds. The van der Waals surface area contributed by atoms with Gasteiger partial charge in [0, 0.05) is 31.1 Å². The van der Waals surface area contributed by atoms with Crippen LogP contribution in [-0.2, 0) is 13.0 Å². The Bertz CT molecular complexity index is 602. The van der Waals surface area contributed by atoms with Gasteiger partial charge < -0.3 is 19.9 Å². The number of fused-ring (bicyclic) bond motifs is 1. The van der Waals surface area contributed by atoms with Gasteiger partial charge in [-0.1, -0.05) is 24.3 Å². The summed E-state index contributed by atoms with van der Waals surface area (Å²) in [7, 11) is 1.59. The summed E-state index contributed by atoms with van der Waals surface area (Å²) in [6.07, 6.45) is 1.08. The van der Waals surface area contributed by atoms with Crippen LogP contribution in [-0.4, -0.2) is 24.9 Å². The quantitative estimate of drug-likeness (QED) is 0.886. The highest BCUT2D eigenvalue weighted by atomic mass is 16.5. The molecule has 0 saturated carbocycles. The van der Waals surface area contributed by atoms with Crippen LogP contribution in [0.15, 0.2) is 42.5 Å². The Morgan fingerprint density at radius 3 is 2.90 bits per heavy atom. The van der Waals surface area contributed by atoms with Crippen molar-refractivity contribution in [2.24, 2.45) is 0 Å². The van der Waals surface area contributed by atoms with E-state index in [4.69, 9.17) is 9.47 Å². The molecule has 2 aromatic rings. The van der Waals surface area contributed by atoms with Crippen molar-refractivity contribution in [3.63, 3.8) is 0 Å². The van der Waals surface area contributed by atoms with Crippen LogP contribution in [0.1, 0.15) is 11.1 Å². The lowest BCUT2D eigenvalue weighted by atomic mass is 10.1. The molecular formula is C17H19NO3. The van der Waals surface area contributed by atoms with E-state index in [1.54, 1.807) is 13.2 Å². The molecule has 21 heavy (non-hydrogen) atoms. The Kier molecular flexibility index (Phi) is 3.97. The second-order valence-corrected chi connectivity index (χ2v) is 5.18. The zero-order valence-corrected chi connectivity index (χ0v) is 12.0. The second kappa shape index (κ2) is 6.06. The molecule has 110 valence electrons. The molecule has 4 heteroatoms. The molecule has 2 aromatic carbocycles. The Hall–Kier alpha value is -2.20. The van der Waals surface area contributed by atoms with Crippen molar-refractivity contribution in [2.45, 2.75) is 19.1 Å². The third kappa shape index (κ3) is 3.11. The summed E-state index contributed by atoms with van der Waals surface area (Å²) >= 11 is 0. The maximum Gasteiger partial charge on any atom is 0.123 e. The first-order valence-corrected chi connectivity index (χ1v) is 7.07. The Balaban J connectivity index is 1.51. The molecule has 1 unspecified atom stereocenters. The predicted octanol–water partition coefficient (Wildman–Crippen LogP) is 2.49. The maximum atomic E-state index is 9.91. The van der Waals surface area contributed by atoms with E-state index in [1.807, 2.05) is 30.3 Å². The minimum absolute atomic E-state index is 0.155. The summed E-state index contributed by atoms with van der Waals surface area (Å²) in [5, 5.41) is 13.2. The van der Waals surface area contributed by atoms with E-state index < -0.39 is 0 Å². The van der Waals surface area contributed by atoms with E-state index in [1.165, 1.54) is 5.56 Å². The van der Waals surface area contributed by atoms with Crippen LogP contribution >= 0.6 is 0 Å². The number of benzene rings is 2. The van der Waals surface area contributed by atoms with Crippen molar-refractivity contribution in [1.29, 1.82) is 0 Å². The molecule has 0 aliphatic carbocycles. The normalized spacial score (nSPS) is 16.3. The smallest absolute Gasteiger partial charge is 0.123 e. The molecule has 0 radical (unpaired) electrons. The summed E-state index contributed by atoms with van der Waals surface area (Å²) in [4.78, 5) is 0. The number of phenolic OH excluding ortho intramolecular Hbond substituents is 1. The van der Waals surface area contributed by atoms with Crippen molar-refractivity contribution < 1.29 is 14.6 Å². The van der Waals surface area contributed by atoms with Crippen LogP contribution in [0.4, 0.5) is 0 Å². The molecule has 0 spiro atoms. The fraction of sp³-hybridized carbons (Fsp3) is 0.294. The molecule has 0 fully saturated rings. The fourth-order valence-electron chi connectivity index (χ4n) is 2.56. The number of phenols is 1. The third-order valence-electron chi connectivity index (χ3n) is 3.69. The van der Waals surface area contributed by atoms with Gasteiger partial charge in [0.1, 0.15) is 23.4 Å². The lowest BCUT2D eigenvalue weighted by Crippen LogP contribution is -2.29. The highest BCUT2D eigenvalue weighted by Crippen LogP contribution is 2.28. The molecule has 1 aliphatic heterocycles. The number of ether oxygens (including phenoxy) is 2. The average Bonchev–Trinajstić information content (AvgIpc) is 2.91. The fourth-order valence-corrected chi connectivity index (χ4v) is 2.56. The number of aromatic hydroxyl groups is 1. The van der Waals surface area contributed by atoms with Crippen molar-refractivity contribution in [1.82, 2.24) is 5.32 Å². The first-order valence-electron chi connectivity index (χ1n) is 7.07. The predicted molar refractivity (Wildman–Crippen MR) is 80.9 cm³/mol. The molecule has 0 saturated heterocycles. The Morgan fingerprint density at radius 2 is 2.14 bits per heavy atom. The zero-order valence-electron chi connectivity index (χ0n) is 12.0. The van der Waals surface area contributed by atoms with Gasteiger partial charge in [-0.15, -0.1) is 0 Å². The average molecular weight is 285 g/mol. The molecular weight excluding hydrogens is 266 g/mol. The summed E-state index contributed by atoms with van der Waals surface area (Å²) in [5.41, 5.74) is 2.11. The molecule has 0 bridgehead atoms. The van der Waals surface area contributed by atoms with E-state index in [9.17, 15) is 5.11 Å². The lowest BCUT2D eigenvalue weighted by molar-refractivity contribution is 0.227. The van der Waals surface area contributed by atoms with Crippen LogP contribution < -0.4 is 14.8 Å². The van der Waals surface area contributed by atoms with Crippen LogP contribution in [0.3, 0.4) is 0 Å². The third-order valence-corrected chi connectivity index (χ3v) is 3.69. The summed E-state index contributed by atoms with van der Waals surface area (Å²) < 4.78 is 10.9. The van der Waals surface area contributed by atoms with Crippen molar-refractivity contribution in [3.05, 3.63) is 53.6 Å². The summed E-state index contributed by atoms with van der Waals surface area (Å²) in [5.74, 6) is 1.89. The van der Waals surface area contributed by atoms with E-state index in [-0.39, 0.29) is 11.9 Å². The number of hydrogen-bond donors (Lipinski definition) is 2. The molecule has 1 aliphatic rings. The minimum atomic E-state index is 0.155. The van der Waals surface area contributed by atoms with Crippen LogP contribution in [0.5, 0.6) is 17.2 Å². The SMILES string of the molecule is COc1ccc(CNCC2Cc3ccccc3O2)c(O)c1. The zero-order chi connectivity index (χ0) is 14.7. The summed E-state index contributed by atoms with van der Waals surface area (Å²) in [6.45, 7) is 1.35. The Labute approximate surface area is 124 Å². The topological polar surface area (TPSA) is 50.7 Å². The van der Waals surface area contributed by atoms with Gasteiger partial charge in [0.05, 0.1) is 7.11 Å². The van der Waals surface area contributed by atoms with Gasteiger partial charge in [0.2, 0.25) is 0 Å². The monoisotopic (exact) mass is 285 g/mol. The van der Waals surface area contributed by atoms with Crippen molar-refractivity contribution in [2.75, 3.05) is 13.7 Å². The lowest BCUT2D eigenvalue weighted by Gasteiger charge is -2.13. The standard InChI is InChI=1S/C17H19NO3/c1-20-14-7-6-13(16(19)9-14)10-18-11-15-8-12-4-2-3-5-17(12)21-15/h2-7,9,15,18-19H,8,10-11H2,1H3. The maximum absolute atomic E-state index is 9.91. The van der Waals surface area contributed by atoms with Crippen LogP contribution in [0.2, 0.25) is 0 Å². The van der Waals surface area contributed by atoms with Crippen molar-refractivity contribution in [3.8, 4) is 17.2 Å². The molecule has 3 rings (SSSR count). The van der Waals surface area contributed by atoms with Gasteiger partial charge in [0.25, 0.3) is 0 Å². The molecule has 4 nitrogen and oxygen atoms in total. The van der Waals surface area contributed by atoms with Gasteiger partial charge >= 0.3 is 0 Å². The van der Waals surface area contributed by atoms with Gasteiger partial charge in [-0.2, -0.15) is 0 Å². The molecule has 0 aromatic heterocycles. The van der Waals surface area contributed by atoms with Crippen molar-refractivity contribution >= 4 is 0 Å². The molecule has 1 heterocycles. The van der Waals surface area contributed by atoms with Gasteiger partial charge in [-0.05, 0) is 17.7 Å². The van der Waals surface area contributed by atoms with Gasteiger partial charge in [0.15, 0.2) is 0 Å². The van der Waals surface area contributed by atoms with Gasteiger partial charge in [-0.3, -0.25) is 0 Å². The number of hydrogen-bond acceptors (Lipinski definition) is 4. The Morgan fingerprint density at radius 1 is 1.29 bits per heavy atom. The number of methoxy groups -OCH3 is 1. The molecule has 1 atom stereocenters. The van der Waals surface area contributed by atoms with Crippen LogP contribution in [0.25, 0.3) is 0 Å². The summed E-state index contributed by atoms with van der Waals surface area (Å²) in [6, 6.07) is 13.5. The number of rotatable bonds is 5.